The highest BCUT2D eigenvalue weighted by molar-refractivity contribution is 7.87. The number of benzene rings is 2. The largest absolute Gasteiger partial charge is 0.388 e. The van der Waals surface area contributed by atoms with Crippen LogP contribution in [0.5, 0.6) is 0 Å². The summed E-state index contributed by atoms with van der Waals surface area (Å²) in [7, 11) is -8.66. The van der Waals surface area contributed by atoms with Crippen LogP contribution in [-0.2, 0) is 28.6 Å². The van der Waals surface area contributed by atoms with Gasteiger partial charge in [0.1, 0.15) is 6.10 Å². The maximum atomic E-state index is 12.3. The highest BCUT2D eigenvalue weighted by Crippen LogP contribution is 2.21. The molecule has 0 radical (unpaired) electrons. The molecule has 2 rings (SSSR count). The summed E-state index contributed by atoms with van der Waals surface area (Å²) >= 11 is 0. The molecular weight excluding hydrogens is 380 g/mol. The minimum atomic E-state index is -4.33. The Labute approximate surface area is 153 Å². The van der Waals surface area contributed by atoms with E-state index in [1.165, 1.54) is 31.2 Å². The van der Waals surface area contributed by atoms with Gasteiger partial charge in [-0.05, 0) is 45.0 Å². The second kappa shape index (κ2) is 7.85. The van der Waals surface area contributed by atoms with Crippen LogP contribution in [0.15, 0.2) is 58.3 Å². The molecule has 26 heavy (non-hydrogen) atoms. The minimum Gasteiger partial charge on any atom is -0.388 e. The molecule has 1 atom stereocenters. The third-order valence-electron chi connectivity index (χ3n) is 3.46. The van der Waals surface area contributed by atoms with Crippen molar-refractivity contribution in [3.05, 3.63) is 59.7 Å². The molecule has 0 aliphatic rings. The van der Waals surface area contributed by atoms with Crippen molar-refractivity contribution < 1.29 is 30.3 Å². The average molecular weight is 400 g/mol. The van der Waals surface area contributed by atoms with Gasteiger partial charge in [0.05, 0.1) is 9.79 Å². The molecule has 142 valence electrons. The second-order valence-electron chi connectivity index (χ2n) is 5.84. The Morgan fingerprint density at radius 2 is 1.04 bits per heavy atom. The van der Waals surface area contributed by atoms with Gasteiger partial charge < -0.3 is 5.11 Å². The zero-order valence-corrected chi connectivity index (χ0v) is 16.1. The highest BCUT2D eigenvalue weighted by Gasteiger charge is 2.31. The van der Waals surface area contributed by atoms with Crippen molar-refractivity contribution in [3.8, 4) is 0 Å². The predicted molar refractivity (Wildman–Crippen MR) is 94.4 cm³/mol. The van der Waals surface area contributed by atoms with Crippen LogP contribution in [0.1, 0.15) is 18.1 Å². The lowest BCUT2D eigenvalue weighted by molar-refractivity contribution is -0.0703. The Balaban J connectivity index is 2.26. The average Bonchev–Trinajstić information content (AvgIpc) is 2.54. The van der Waals surface area contributed by atoms with E-state index in [0.717, 1.165) is 11.1 Å². The predicted octanol–water partition coefficient (Wildman–Crippen LogP) is 2.12. The van der Waals surface area contributed by atoms with Crippen LogP contribution in [0.4, 0.5) is 0 Å². The van der Waals surface area contributed by atoms with E-state index < -0.39 is 32.6 Å². The molecular formula is C17H20O7S2. The highest BCUT2D eigenvalue weighted by atomic mass is 32.2. The number of hydrogen-bond acceptors (Lipinski definition) is 7. The van der Waals surface area contributed by atoms with Crippen molar-refractivity contribution in [2.24, 2.45) is 0 Å². The summed E-state index contributed by atoms with van der Waals surface area (Å²) < 4.78 is 58.9. The summed E-state index contributed by atoms with van der Waals surface area (Å²) in [5, 5.41) is 9.74. The van der Waals surface area contributed by atoms with Crippen LogP contribution < -0.4 is 0 Å². The van der Waals surface area contributed by atoms with E-state index in [9.17, 15) is 21.9 Å². The maximum Gasteiger partial charge on any atom is 0.299 e. The molecule has 9 heteroatoms. The van der Waals surface area contributed by atoms with E-state index in [1.54, 1.807) is 38.1 Å². The van der Waals surface area contributed by atoms with Crippen LogP contribution in [0.25, 0.3) is 0 Å². The third-order valence-corrected chi connectivity index (χ3v) is 6.04. The van der Waals surface area contributed by atoms with Gasteiger partial charge in [0, 0.05) is 0 Å². The lowest BCUT2D eigenvalue weighted by atomic mass is 10.2. The van der Waals surface area contributed by atoms with Gasteiger partial charge in [0.15, 0.2) is 0 Å². The molecule has 7 nitrogen and oxygen atoms in total. The Bertz CT molecular complexity index is 868. The molecule has 2 aromatic rings. The van der Waals surface area contributed by atoms with E-state index >= 15 is 0 Å². The minimum absolute atomic E-state index is 0.176. The zero-order chi connectivity index (χ0) is 19.5. The number of rotatable bonds is 7. The quantitative estimate of drug-likeness (QED) is 0.560. The van der Waals surface area contributed by atoms with E-state index in [2.05, 4.69) is 0 Å². The fraction of sp³-hybridized carbons (Fsp3) is 0.294. The van der Waals surface area contributed by atoms with Gasteiger partial charge >= 0.3 is 0 Å². The Morgan fingerprint density at radius 1 is 0.731 bits per heavy atom. The SMILES string of the molecule is Cc1ccc(S(=O)(=O)OC(OS(=O)(=O)c2ccc(C)cc2)C(C)O)cc1. The summed E-state index contributed by atoms with van der Waals surface area (Å²) in [5.41, 5.74) is 1.68. The molecule has 0 spiro atoms. The molecule has 0 aliphatic heterocycles. The van der Waals surface area contributed by atoms with Gasteiger partial charge in [-0.1, -0.05) is 35.4 Å². The lowest BCUT2D eigenvalue weighted by Gasteiger charge is -2.20. The van der Waals surface area contributed by atoms with Crippen LogP contribution in [0, 0.1) is 13.8 Å². The first-order valence-electron chi connectivity index (χ1n) is 7.69. The fourth-order valence-electron chi connectivity index (χ4n) is 1.95. The topological polar surface area (TPSA) is 107 Å². The van der Waals surface area contributed by atoms with Crippen LogP contribution >= 0.6 is 0 Å². The van der Waals surface area contributed by atoms with Crippen molar-refractivity contribution in [1.29, 1.82) is 0 Å². The van der Waals surface area contributed by atoms with Crippen molar-refractivity contribution in [3.63, 3.8) is 0 Å². The molecule has 0 bridgehead atoms. The molecule has 2 aromatic carbocycles. The Morgan fingerprint density at radius 3 is 1.31 bits per heavy atom. The van der Waals surface area contributed by atoms with Gasteiger partial charge in [-0.3, -0.25) is 0 Å². The Kier molecular flexibility index (Phi) is 6.20. The molecule has 0 fully saturated rings. The molecule has 0 saturated carbocycles. The van der Waals surface area contributed by atoms with Gasteiger partial charge in [0.25, 0.3) is 20.2 Å². The number of aliphatic hydroxyl groups excluding tert-OH is 1. The first kappa shape index (κ1) is 20.5. The fourth-order valence-corrected chi connectivity index (χ4v) is 4.06. The van der Waals surface area contributed by atoms with Crippen LogP contribution in [-0.4, -0.2) is 34.3 Å². The summed E-state index contributed by atoms with van der Waals surface area (Å²) in [6.45, 7) is 4.74. The van der Waals surface area contributed by atoms with Crippen molar-refractivity contribution in [1.82, 2.24) is 0 Å². The van der Waals surface area contributed by atoms with Gasteiger partial charge in [-0.25, -0.2) is 8.37 Å². The molecule has 0 aliphatic carbocycles. The number of aryl methyl sites for hydroxylation is 2. The number of hydrogen-bond donors (Lipinski definition) is 1. The molecule has 0 aromatic heterocycles. The Hall–Kier alpha value is -1.78. The lowest BCUT2D eigenvalue weighted by Crippen LogP contribution is -2.34. The second-order valence-corrected chi connectivity index (χ2v) is 8.98. The summed E-state index contributed by atoms with van der Waals surface area (Å²) in [5.74, 6) is 0. The molecule has 0 amide bonds. The van der Waals surface area contributed by atoms with Crippen molar-refractivity contribution in [2.45, 2.75) is 43.0 Å². The standard InChI is InChI=1S/C17H20O7S2/c1-12-4-8-15(9-5-12)25(19,20)23-17(14(3)18)24-26(21,22)16-10-6-13(2)7-11-16/h4-11,14,17-18H,1-3H3. The molecule has 1 N–H and O–H groups in total. The molecule has 1 unspecified atom stereocenters. The first-order valence-corrected chi connectivity index (χ1v) is 10.5. The van der Waals surface area contributed by atoms with E-state index in [0.29, 0.717) is 0 Å². The maximum absolute atomic E-state index is 12.3. The molecule has 0 heterocycles. The van der Waals surface area contributed by atoms with Gasteiger partial charge in [-0.15, -0.1) is 0 Å². The zero-order valence-electron chi connectivity index (χ0n) is 14.5. The summed E-state index contributed by atoms with van der Waals surface area (Å²) in [4.78, 5) is -0.352. The normalized spacial score (nSPS) is 13.7. The van der Waals surface area contributed by atoms with Crippen molar-refractivity contribution in [2.75, 3.05) is 0 Å². The van der Waals surface area contributed by atoms with E-state index in [-0.39, 0.29) is 9.79 Å². The third kappa shape index (κ3) is 5.12. The first-order chi connectivity index (χ1) is 12.0. The van der Waals surface area contributed by atoms with Crippen molar-refractivity contribution >= 4 is 20.2 Å². The van der Waals surface area contributed by atoms with Gasteiger partial charge in [-0.2, -0.15) is 16.8 Å². The smallest absolute Gasteiger partial charge is 0.299 e. The van der Waals surface area contributed by atoms with E-state index in [1.807, 2.05) is 0 Å². The monoisotopic (exact) mass is 400 g/mol. The number of aliphatic hydroxyl groups is 1. The van der Waals surface area contributed by atoms with E-state index in [4.69, 9.17) is 8.37 Å². The molecule has 0 saturated heterocycles. The summed E-state index contributed by atoms with van der Waals surface area (Å²) in [6, 6.07) is 11.5. The van der Waals surface area contributed by atoms with Gasteiger partial charge in [0.2, 0.25) is 6.29 Å². The van der Waals surface area contributed by atoms with Crippen LogP contribution in [0.3, 0.4) is 0 Å². The van der Waals surface area contributed by atoms with Crippen LogP contribution in [0.2, 0.25) is 0 Å². The summed E-state index contributed by atoms with van der Waals surface area (Å²) in [6.07, 6.45) is -3.44.